The molecule has 32 nitrogen and oxygen atoms in total. The molecule has 0 aliphatic rings. The number of para-hydroxylation sites is 5. The number of aliphatic hydroxyl groups excluding tert-OH is 2. The second kappa shape index (κ2) is 37.0. The molecular formula is C57H40Cl4N12O20S2. The van der Waals surface area contributed by atoms with Gasteiger partial charge in [0, 0.05) is 52.2 Å². The minimum Gasteiger partial charge on any atom is -0.479 e. The first-order valence-electron chi connectivity index (χ1n) is 25.3. The number of aliphatic carboxylic acids is 3. The molecule has 2 unspecified atom stereocenters. The zero-order valence-corrected chi connectivity index (χ0v) is 51.8. The first kappa shape index (κ1) is 75.8. The van der Waals surface area contributed by atoms with Gasteiger partial charge in [-0.2, -0.15) is 10.4 Å². The minimum absolute atomic E-state index is 0.0231. The number of aromatic nitrogens is 2. The van der Waals surface area contributed by atoms with Crippen LogP contribution in [0.2, 0.25) is 20.1 Å². The van der Waals surface area contributed by atoms with Crippen molar-refractivity contribution in [3.05, 3.63) is 267 Å². The van der Waals surface area contributed by atoms with Crippen molar-refractivity contribution in [1.29, 1.82) is 5.26 Å². The maximum atomic E-state index is 11.6. The van der Waals surface area contributed by atoms with Gasteiger partial charge in [0.25, 0.3) is 34.2 Å². The second-order valence-electron chi connectivity index (χ2n) is 17.4. The molecule has 488 valence electrons. The number of nitrogens with two attached hydrogens (primary N) is 1. The highest BCUT2D eigenvalue weighted by Crippen LogP contribution is 2.33. The van der Waals surface area contributed by atoms with E-state index in [-0.39, 0.29) is 39.3 Å². The Bertz CT molecular complexity index is 4420. The summed E-state index contributed by atoms with van der Waals surface area (Å²) in [7, 11) is 0. The molecule has 0 fully saturated rings. The van der Waals surface area contributed by atoms with Crippen molar-refractivity contribution in [2.75, 3.05) is 10.9 Å². The molecule has 0 saturated carbocycles. The van der Waals surface area contributed by atoms with Crippen LogP contribution in [0.4, 0.5) is 38.7 Å². The second-order valence-corrected chi connectivity index (χ2v) is 20.7. The fraction of sp³-hybridized carbons (Fsp3) is 0.0351. The number of halogens is 4. The largest absolute Gasteiger partial charge is 0.479 e. The van der Waals surface area contributed by atoms with E-state index in [9.17, 15) is 79.7 Å². The van der Waals surface area contributed by atoms with Gasteiger partial charge in [-0.05, 0) is 54.6 Å². The predicted octanol–water partition coefficient (Wildman–Crippen LogP) is 12.5. The molecule has 0 amide bonds. The van der Waals surface area contributed by atoms with E-state index in [1.807, 2.05) is 11.4 Å². The molecule has 2 aromatic heterocycles. The van der Waals surface area contributed by atoms with Gasteiger partial charge in [-0.3, -0.25) is 71.0 Å². The highest BCUT2D eigenvalue weighted by molar-refractivity contribution is 7.14. The van der Waals surface area contributed by atoms with E-state index >= 15 is 0 Å². The number of nitrogens with zero attached hydrogens (tertiary/aromatic N) is 9. The third-order valence-corrected chi connectivity index (χ3v) is 14.4. The fourth-order valence-corrected chi connectivity index (χ4v) is 8.96. The third kappa shape index (κ3) is 22.3. The smallest absolute Gasteiger partial charge is 0.377 e. The summed E-state index contributed by atoms with van der Waals surface area (Å²) in [5.74, 6) is -0.672. The fourth-order valence-electron chi connectivity index (χ4n) is 7.07. The van der Waals surface area contributed by atoms with Gasteiger partial charge in [-0.25, -0.2) is 30.2 Å². The normalized spacial score (nSPS) is 10.8. The van der Waals surface area contributed by atoms with Crippen LogP contribution in [-0.4, -0.2) is 95.8 Å². The number of rotatable bonds is 18. The topological polar surface area (TPSA) is 514 Å². The monoisotopic (exact) mass is 1420 g/mol. The molecule has 38 heteroatoms. The lowest BCUT2D eigenvalue weighted by Gasteiger charge is -2.05. The Balaban J connectivity index is 0.000000251. The predicted molar refractivity (Wildman–Crippen MR) is 347 cm³/mol. The van der Waals surface area contributed by atoms with Crippen LogP contribution in [0, 0.1) is 61.9 Å². The lowest BCUT2D eigenvalue weighted by Crippen LogP contribution is -2.17. The number of hydrazine groups is 1. The molecule has 0 spiro atoms. The number of aliphatic hydroxyl groups is 2. The van der Waals surface area contributed by atoms with Gasteiger partial charge >= 0.3 is 17.9 Å². The van der Waals surface area contributed by atoms with E-state index in [1.54, 1.807) is 41.8 Å². The number of nitro benzene ring substituents is 5. The number of carbonyl (C=O) groups excluding carboxylic acids is 2. The van der Waals surface area contributed by atoms with E-state index in [1.165, 1.54) is 126 Å². The van der Waals surface area contributed by atoms with Crippen LogP contribution in [0.15, 0.2) is 174 Å². The summed E-state index contributed by atoms with van der Waals surface area (Å²) >= 11 is 26.2. The van der Waals surface area contributed by atoms with Crippen molar-refractivity contribution in [1.82, 2.24) is 9.97 Å². The summed E-state index contributed by atoms with van der Waals surface area (Å²) in [6.45, 7) is 0. The van der Waals surface area contributed by atoms with E-state index in [4.69, 9.17) is 77.9 Å². The van der Waals surface area contributed by atoms with Gasteiger partial charge in [0.05, 0.1) is 84.4 Å². The van der Waals surface area contributed by atoms with E-state index in [0.29, 0.717) is 42.3 Å². The molecule has 9 N–H and O–H groups in total. The summed E-state index contributed by atoms with van der Waals surface area (Å²) in [5, 5.41) is 116. The van der Waals surface area contributed by atoms with E-state index in [2.05, 4.69) is 25.9 Å². The van der Waals surface area contributed by atoms with Crippen molar-refractivity contribution in [2.24, 2.45) is 10.9 Å². The number of carbonyl (C=O) groups is 5. The Morgan fingerprint density at radius 1 is 0.547 bits per heavy atom. The molecule has 0 aliphatic carbocycles. The van der Waals surface area contributed by atoms with Crippen LogP contribution in [0.1, 0.15) is 49.6 Å². The number of aldehydes is 1. The number of nitro groups is 5. The van der Waals surface area contributed by atoms with Gasteiger partial charge in [0.15, 0.2) is 29.3 Å². The highest BCUT2D eigenvalue weighted by Gasteiger charge is 2.27. The molecule has 2 heterocycles. The lowest BCUT2D eigenvalue weighted by atomic mass is 10.1. The van der Waals surface area contributed by atoms with Crippen LogP contribution < -0.4 is 16.7 Å². The quantitative estimate of drug-likeness (QED) is 0.00578. The Hall–Kier alpha value is -11.7. The van der Waals surface area contributed by atoms with E-state index < -0.39 is 83.2 Å². The number of thiazole rings is 2. The summed E-state index contributed by atoms with van der Waals surface area (Å²) < 4.78 is 0. The highest BCUT2D eigenvalue weighted by atomic mass is 35.5. The average molecular weight is 1420 g/mol. The van der Waals surface area contributed by atoms with Gasteiger partial charge in [-0.1, -0.05) is 119 Å². The number of carboxylic acid groups (broad SMARTS) is 3. The summed E-state index contributed by atoms with van der Waals surface area (Å²) in [5.41, 5.74) is 5.32. The van der Waals surface area contributed by atoms with Crippen LogP contribution in [0.25, 0.3) is 22.5 Å². The number of nitriles is 1. The van der Waals surface area contributed by atoms with Crippen molar-refractivity contribution >= 4 is 143 Å². The number of hydrazone groups is 1. The van der Waals surface area contributed by atoms with Crippen molar-refractivity contribution in [3.63, 3.8) is 0 Å². The Kier molecular flexibility index (Phi) is 29.5. The summed E-state index contributed by atoms with van der Waals surface area (Å²) in [6.07, 6.45) is -2.84. The Morgan fingerprint density at radius 2 is 0.947 bits per heavy atom. The SMILES string of the molecule is N#CC(O)c1ccccc1[N+](=O)[O-].NNc1nc(-c2ccc(Cl)c(Cl)c2)cs1.O=C(O)/C(=N\Nc1nc(-c2ccc(Cl)c(Cl)c2)cs1)c1ccccc1[N+](=O)[O-].O=C(O)C(=O)c1ccccc1[N+](=O)[O-].O=C(O)C(O)c1ccccc1[N+](=O)[O-].O=Cc1ccccc1[N+](=O)[O-]. The molecule has 9 aromatic rings. The first-order valence-corrected chi connectivity index (χ1v) is 28.6. The van der Waals surface area contributed by atoms with Gasteiger partial charge in [-0.15, -0.1) is 22.7 Å². The summed E-state index contributed by atoms with van der Waals surface area (Å²) in [4.78, 5) is 111. The summed E-state index contributed by atoms with van der Waals surface area (Å²) in [6, 6.07) is 38.9. The number of hydrogen-bond donors (Lipinski definition) is 8. The number of ketones is 1. The molecule has 95 heavy (non-hydrogen) atoms. The van der Waals surface area contributed by atoms with E-state index in [0.717, 1.165) is 35.0 Å². The van der Waals surface area contributed by atoms with Gasteiger partial charge < -0.3 is 25.5 Å². The molecule has 0 aliphatic heterocycles. The number of anilines is 2. The maximum Gasteiger partial charge on any atom is 0.377 e. The Morgan fingerprint density at radius 3 is 1.36 bits per heavy atom. The number of carboxylic acids is 3. The lowest BCUT2D eigenvalue weighted by molar-refractivity contribution is -0.386. The number of Topliss-reactive ketones (excluding diaryl/α,β-unsaturated/α-hetero) is 1. The van der Waals surface area contributed by atoms with Crippen molar-refractivity contribution in [2.45, 2.75) is 12.2 Å². The van der Waals surface area contributed by atoms with Crippen LogP contribution >= 0.6 is 69.1 Å². The zero-order valence-electron chi connectivity index (χ0n) is 47.2. The first-order chi connectivity index (χ1) is 45.1. The zero-order chi connectivity index (χ0) is 70.6. The number of benzene rings is 7. The molecule has 2 atom stereocenters. The number of nitrogens with one attached hydrogen (secondary N) is 2. The molecule has 0 bridgehead atoms. The molecule has 0 radical (unpaired) electrons. The van der Waals surface area contributed by atoms with Crippen LogP contribution in [0.3, 0.4) is 0 Å². The average Bonchev–Trinajstić information content (AvgIpc) is 1.85. The van der Waals surface area contributed by atoms with Gasteiger partial charge in [0.2, 0.25) is 5.13 Å². The van der Waals surface area contributed by atoms with Gasteiger partial charge in [0.1, 0.15) is 5.56 Å². The molecular weight excluding hydrogens is 1380 g/mol. The standard InChI is InChI=1S/C17H10Cl2N4O4S.C9H7Cl2N3S.C8H6N2O3.C8H7NO5.C8H5NO5.C7H5NO3/c18-11-6-5-9(7-12(11)19)13-8-28-17(20-13)22-21-15(16(24)25)10-3-1-2-4-14(10)23(26)27;10-6-2-1-5(3-7(6)11)8-4-15-9(13-8)14-12;9-5-8(11)6-3-1-2-4-7(6)10(12)13;2*10-7(8(11)12)5-3-1-2-4-6(5)9(13)14;9-5-6-3-1-2-4-7(6)8(10)11/h1-8H,(H,20,22)(H,24,25);1-4H,12H2,(H,13,14);1-4,8,11H;1-4,7,10H,(H,11,12);1-4H,(H,11,12);1-5H/b21-15-;;;;;. The van der Waals surface area contributed by atoms with Crippen molar-refractivity contribution in [3.8, 4) is 28.6 Å². The maximum absolute atomic E-state index is 11.6. The van der Waals surface area contributed by atoms with Crippen molar-refractivity contribution < 1.29 is 74.1 Å². The van der Waals surface area contributed by atoms with Crippen LogP contribution in [0.5, 0.6) is 0 Å². The Labute approximate surface area is 559 Å². The van der Waals surface area contributed by atoms with Crippen LogP contribution in [-0.2, 0) is 14.4 Å². The number of hydrogen-bond acceptors (Lipinski definition) is 26. The minimum atomic E-state index is -1.86. The number of nitrogen functional groups attached to an aromatic ring is 1. The molecule has 7 aromatic carbocycles. The third-order valence-electron chi connectivity index (χ3n) is 11.4. The molecule has 0 saturated heterocycles. The molecule has 9 rings (SSSR count).